The molecule has 22 heavy (non-hydrogen) atoms. The Morgan fingerprint density at radius 1 is 1.14 bits per heavy atom. The van der Waals surface area contributed by atoms with Crippen LogP contribution in [0.5, 0.6) is 0 Å². The van der Waals surface area contributed by atoms with Crippen molar-refractivity contribution in [3.8, 4) is 0 Å². The largest absolute Gasteiger partial charge is 0.495 e. The topological polar surface area (TPSA) is 36.3 Å². The van der Waals surface area contributed by atoms with Crippen LogP contribution in [-0.2, 0) is 15.9 Å². The smallest absolute Gasteiger partial charge is 0.399 e. The minimum absolute atomic E-state index is 0.328. The van der Waals surface area contributed by atoms with Crippen molar-refractivity contribution in [1.82, 2.24) is 9.78 Å². The zero-order valence-electron chi connectivity index (χ0n) is 14.0. The van der Waals surface area contributed by atoms with Crippen LogP contribution < -0.4 is 5.46 Å². The van der Waals surface area contributed by atoms with Crippen molar-refractivity contribution in [1.29, 1.82) is 0 Å². The Hall–Kier alpha value is -1.59. The highest BCUT2D eigenvalue weighted by Gasteiger charge is 2.52. The van der Waals surface area contributed by atoms with Crippen molar-refractivity contribution < 1.29 is 9.31 Å². The molecule has 0 aliphatic carbocycles. The maximum absolute atomic E-state index is 6.20. The number of aromatic nitrogens is 2. The maximum atomic E-state index is 6.20. The number of nitrogens with zero attached hydrogens (tertiary/aromatic N) is 2. The Kier molecular flexibility index (Phi) is 3.65. The molecule has 1 saturated heterocycles. The lowest BCUT2D eigenvalue weighted by molar-refractivity contribution is 0.00578. The van der Waals surface area contributed by atoms with Gasteiger partial charge in [0.25, 0.3) is 0 Å². The predicted molar refractivity (Wildman–Crippen MR) is 88.2 cm³/mol. The summed E-state index contributed by atoms with van der Waals surface area (Å²) < 4.78 is 14.3. The molecule has 1 aromatic heterocycles. The van der Waals surface area contributed by atoms with Gasteiger partial charge in [-0.25, -0.2) is 0 Å². The van der Waals surface area contributed by atoms with E-state index in [1.54, 1.807) is 6.20 Å². The van der Waals surface area contributed by atoms with Crippen LogP contribution in [0.25, 0.3) is 0 Å². The molecule has 0 radical (unpaired) electrons. The van der Waals surface area contributed by atoms with E-state index in [1.807, 2.05) is 16.9 Å². The van der Waals surface area contributed by atoms with Gasteiger partial charge in [0.05, 0.1) is 17.7 Å². The van der Waals surface area contributed by atoms with Crippen LogP contribution in [0, 0.1) is 6.92 Å². The fraction of sp³-hybridized carbons (Fsp3) is 0.471. The number of aryl methyl sites for hydroxylation is 1. The Labute approximate surface area is 132 Å². The van der Waals surface area contributed by atoms with Gasteiger partial charge >= 0.3 is 7.12 Å². The highest BCUT2D eigenvalue weighted by atomic mass is 16.7. The van der Waals surface area contributed by atoms with Crippen molar-refractivity contribution in [2.24, 2.45) is 0 Å². The van der Waals surface area contributed by atoms with Crippen molar-refractivity contribution >= 4 is 12.6 Å². The zero-order valence-corrected chi connectivity index (χ0v) is 14.0. The quantitative estimate of drug-likeness (QED) is 0.817. The summed E-state index contributed by atoms with van der Waals surface area (Å²) in [5.74, 6) is 0. The summed E-state index contributed by atoms with van der Waals surface area (Å²) in [6.07, 6.45) is 3.76. The second-order valence-electron chi connectivity index (χ2n) is 6.99. The molecule has 1 aromatic carbocycles. The molecule has 0 bridgehead atoms. The summed E-state index contributed by atoms with van der Waals surface area (Å²) in [5, 5.41) is 4.30. The second kappa shape index (κ2) is 5.25. The van der Waals surface area contributed by atoms with Gasteiger partial charge in [-0.1, -0.05) is 23.8 Å². The fourth-order valence-electron chi connectivity index (χ4n) is 2.64. The van der Waals surface area contributed by atoms with E-state index in [9.17, 15) is 0 Å². The first-order valence-corrected chi connectivity index (χ1v) is 7.71. The van der Waals surface area contributed by atoms with Crippen LogP contribution in [0.3, 0.4) is 0 Å². The van der Waals surface area contributed by atoms with Crippen molar-refractivity contribution in [2.45, 2.75) is 52.4 Å². The van der Waals surface area contributed by atoms with E-state index < -0.39 is 0 Å². The van der Waals surface area contributed by atoms with Crippen LogP contribution in [0.1, 0.15) is 38.8 Å². The van der Waals surface area contributed by atoms with Crippen molar-refractivity contribution in [3.63, 3.8) is 0 Å². The molecule has 2 aromatic rings. The molecule has 2 heterocycles. The monoisotopic (exact) mass is 298 g/mol. The van der Waals surface area contributed by atoms with Gasteiger partial charge in [-0.3, -0.25) is 4.68 Å². The third kappa shape index (κ3) is 2.71. The van der Waals surface area contributed by atoms with Crippen molar-refractivity contribution in [2.75, 3.05) is 0 Å². The lowest BCUT2D eigenvalue weighted by Crippen LogP contribution is -2.41. The average molecular weight is 298 g/mol. The highest BCUT2D eigenvalue weighted by Crippen LogP contribution is 2.36. The summed E-state index contributed by atoms with van der Waals surface area (Å²) in [6.45, 7) is 11.1. The first-order valence-electron chi connectivity index (χ1n) is 7.71. The van der Waals surface area contributed by atoms with Crippen LogP contribution >= 0.6 is 0 Å². The summed E-state index contributed by atoms with van der Waals surface area (Å²) in [4.78, 5) is 0. The normalized spacial score (nSPS) is 19.6. The SMILES string of the molecule is Cc1ccc(B2OC(C)(C)C(C)(C)O2)c(Cn2cccn2)c1. The van der Waals surface area contributed by atoms with Crippen LogP contribution in [0.4, 0.5) is 0 Å². The van der Waals surface area contributed by atoms with E-state index in [0.29, 0.717) is 6.54 Å². The summed E-state index contributed by atoms with van der Waals surface area (Å²) in [6, 6.07) is 8.33. The Morgan fingerprint density at radius 2 is 1.82 bits per heavy atom. The van der Waals surface area contributed by atoms with E-state index in [2.05, 4.69) is 57.9 Å². The van der Waals surface area contributed by atoms with Gasteiger partial charge in [-0.15, -0.1) is 0 Å². The van der Waals surface area contributed by atoms with E-state index in [-0.39, 0.29) is 18.3 Å². The van der Waals surface area contributed by atoms with Crippen LogP contribution in [0.2, 0.25) is 0 Å². The van der Waals surface area contributed by atoms with E-state index in [1.165, 1.54) is 11.1 Å². The van der Waals surface area contributed by atoms with Gasteiger partial charge in [0.15, 0.2) is 0 Å². The Balaban J connectivity index is 1.94. The fourth-order valence-corrected chi connectivity index (χ4v) is 2.64. The molecule has 0 N–H and O–H groups in total. The minimum atomic E-state index is -0.337. The molecule has 0 unspecified atom stereocenters. The Bertz CT molecular complexity index is 649. The van der Waals surface area contributed by atoms with Gasteiger partial charge in [-0.05, 0) is 51.7 Å². The zero-order chi connectivity index (χ0) is 16.0. The number of benzene rings is 1. The van der Waals surface area contributed by atoms with E-state index in [4.69, 9.17) is 9.31 Å². The van der Waals surface area contributed by atoms with Gasteiger partial charge in [0.1, 0.15) is 0 Å². The molecule has 1 fully saturated rings. The van der Waals surface area contributed by atoms with E-state index in [0.717, 1.165) is 5.46 Å². The van der Waals surface area contributed by atoms with Crippen LogP contribution in [-0.4, -0.2) is 28.1 Å². The maximum Gasteiger partial charge on any atom is 0.495 e. The number of rotatable bonds is 3. The lowest BCUT2D eigenvalue weighted by Gasteiger charge is -2.32. The van der Waals surface area contributed by atoms with Crippen LogP contribution in [0.15, 0.2) is 36.7 Å². The third-order valence-electron chi connectivity index (χ3n) is 4.70. The van der Waals surface area contributed by atoms with Gasteiger partial charge in [0.2, 0.25) is 0 Å². The van der Waals surface area contributed by atoms with Gasteiger partial charge < -0.3 is 9.31 Å². The first kappa shape index (κ1) is 15.3. The number of hydrogen-bond donors (Lipinski definition) is 0. The van der Waals surface area contributed by atoms with Crippen molar-refractivity contribution in [3.05, 3.63) is 47.8 Å². The Morgan fingerprint density at radius 3 is 2.41 bits per heavy atom. The highest BCUT2D eigenvalue weighted by molar-refractivity contribution is 6.62. The summed E-state index contributed by atoms with van der Waals surface area (Å²) in [7, 11) is -0.337. The molecule has 3 rings (SSSR count). The lowest BCUT2D eigenvalue weighted by atomic mass is 9.75. The second-order valence-corrected chi connectivity index (χ2v) is 6.99. The predicted octanol–water partition coefficient (Wildman–Crippen LogP) is 2.54. The molecule has 5 heteroatoms. The molecule has 1 aliphatic rings. The molecule has 4 nitrogen and oxygen atoms in total. The third-order valence-corrected chi connectivity index (χ3v) is 4.70. The molecule has 1 aliphatic heterocycles. The molecule has 0 saturated carbocycles. The summed E-state index contributed by atoms with van der Waals surface area (Å²) >= 11 is 0. The standard InChI is InChI=1S/C17H23BN2O2/c1-13-7-8-15(14(11-13)12-20-10-6-9-19-20)18-21-16(2,3)17(4,5)22-18/h6-11H,12H2,1-5H3. The van der Waals surface area contributed by atoms with Gasteiger partial charge in [-0.2, -0.15) is 5.10 Å². The molecule has 0 amide bonds. The summed E-state index contributed by atoms with van der Waals surface area (Å²) in [5.41, 5.74) is 2.83. The average Bonchev–Trinajstić information content (AvgIpc) is 2.96. The molecule has 0 atom stereocenters. The number of hydrogen-bond acceptors (Lipinski definition) is 3. The molecule has 0 spiro atoms. The molecular weight excluding hydrogens is 275 g/mol. The first-order chi connectivity index (χ1) is 10.3. The van der Waals surface area contributed by atoms with E-state index >= 15 is 0 Å². The van der Waals surface area contributed by atoms with Gasteiger partial charge in [0, 0.05) is 12.4 Å². The minimum Gasteiger partial charge on any atom is -0.399 e. The molecule has 116 valence electrons. The molecular formula is C17H23BN2O2.